The number of likely N-dealkylation sites (N-methyl/N-ethyl adjacent to an activating group) is 1. The van der Waals surface area contributed by atoms with Crippen LogP contribution in [0, 0.1) is 6.92 Å². The minimum absolute atomic E-state index is 0.134. The molecule has 2 aromatic rings. The summed E-state index contributed by atoms with van der Waals surface area (Å²) in [4.78, 5) is 23.0. The van der Waals surface area contributed by atoms with Gasteiger partial charge in [-0.2, -0.15) is 0 Å². The first kappa shape index (κ1) is 19.9. The van der Waals surface area contributed by atoms with Gasteiger partial charge >= 0.3 is 0 Å². The molecule has 1 aromatic heterocycles. The Bertz CT molecular complexity index is 806. The van der Waals surface area contributed by atoms with E-state index >= 15 is 0 Å². The van der Waals surface area contributed by atoms with Crippen LogP contribution in [0.5, 0.6) is 0 Å². The van der Waals surface area contributed by atoms with Crippen LogP contribution in [0.1, 0.15) is 11.1 Å². The van der Waals surface area contributed by atoms with Gasteiger partial charge in [-0.1, -0.05) is 47.5 Å². The molecule has 1 saturated heterocycles. The zero-order valence-corrected chi connectivity index (χ0v) is 17.2. The average molecular weight is 407 g/mol. The van der Waals surface area contributed by atoms with Crippen LogP contribution in [-0.4, -0.2) is 60.5 Å². The number of rotatable bonds is 5. The van der Waals surface area contributed by atoms with E-state index in [0.29, 0.717) is 23.1 Å². The molecule has 144 valence electrons. The molecule has 0 saturated carbocycles. The Morgan fingerprint density at radius 1 is 1.19 bits per heavy atom. The maximum absolute atomic E-state index is 12.6. The predicted molar refractivity (Wildman–Crippen MR) is 111 cm³/mol. The van der Waals surface area contributed by atoms with Crippen molar-refractivity contribution in [1.29, 1.82) is 0 Å². The van der Waals surface area contributed by atoms with Crippen molar-refractivity contribution in [3.8, 4) is 0 Å². The Kier molecular flexibility index (Phi) is 6.58. The van der Waals surface area contributed by atoms with Crippen LogP contribution >= 0.6 is 23.2 Å². The molecule has 1 aliphatic heterocycles. The van der Waals surface area contributed by atoms with Crippen molar-refractivity contribution in [1.82, 2.24) is 14.8 Å². The fourth-order valence-electron chi connectivity index (χ4n) is 3.20. The first-order valence-corrected chi connectivity index (χ1v) is 9.76. The molecular formula is C20H24Cl2N4O. The summed E-state index contributed by atoms with van der Waals surface area (Å²) in [6.45, 7) is 6.29. The van der Waals surface area contributed by atoms with E-state index in [4.69, 9.17) is 23.2 Å². The van der Waals surface area contributed by atoms with Gasteiger partial charge in [0.25, 0.3) is 0 Å². The number of anilines is 1. The Hall–Kier alpha value is -1.82. The van der Waals surface area contributed by atoms with Gasteiger partial charge in [-0.3, -0.25) is 9.69 Å². The molecule has 27 heavy (non-hydrogen) atoms. The summed E-state index contributed by atoms with van der Waals surface area (Å²) in [6, 6.07) is 9.88. The van der Waals surface area contributed by atoms with Crippen molar-refractivity contribution >= 4 is 34.9 Å². The van der Waals surface area contributed by atoms with Gasteiger partial charge in [-0.25, -0.2) is 4.98 Å². The van der Waals surface area contributed by atoms with Crippen LogP contribution in [-0.2, 0) is 11.3 Å². The quantitative estimate of drug-likeness (QED) is 0.761. The molecule has 1 fully saturated rings. The largest absolute Gasteiger partial charge is 0.353 e. The number of nitrogens with zero attached hydrogens (tertiary/aromatic N) is 4. The van der Waals surface area contributed by atoms with Crippen LogP contribution in [0.2, 0.25) is 10.0 Å². The smallest absolute Gasteiger partial charge is 0.236 e. The molecule has 5 nitrogen and oxygen atoms in total. The lowest BCUT2D eigenvalue weighted by molar-refractivity contribution is -0.131. The van der Waals surface area contributed by atoms with Crippen LogP contribution in [0.15, 0.2) is 36.5 Å². The number of benzene rings is 1. The summed E-state index contributed by atoms with van der Waals surface area (Å²) in [5, 5.41) is 1.09. The number of aryl methyl sites for hydroxylation is 1. The van der Waals surface area contributed by atoms with E-state index in [1.54, 1.807) is 17.2 Å². The molecule has 0 N–H and O–H groups in total. The van der Waals surface area contributed by atoms with Gasteiger partial charge in [0.1, 0.15) is 5.82 Å². The fourth-order valence-corrected chi connectivity index (χ4v) is 3.70. The van der Waals surface area contributed by atoms with Gasteiger partial charge in [0.15, 0.2) is 0 Å². The van der Waals surface area contributed by atoms with E-state index < -0.39 is 0 Å². The standard InChI is InChI=1S/C20H24Cl2N4O/c1-15-5-3-4-6-16(15)13-24(2)19(27)14-25-7-9-26(10-8-25)20-18(22)11-17(21)12-23-20/h3-6,11-12H,7-10,13-14H2,1-2H3. The van der Waals surface area contributed by atoms with E-state index in [0.717, 1.165) is 32.0 Å². The number of carbonyl (C=O) groups excluding carboxylic acids is 1. The third-order valence-corrected chi connectivity index (χ3v) is 5.40. The summed E-state index contributed by atoms with van der Waals surface area (Å²) >= 11 is 12.2. The second kappa shape index (κ2) is 8.91. The molecule has 0 spiro atoms. The number of piperazine rings is 1. The van der Waals surface area contributed by atoms with Gasteiger partial charge in [0.05, 0.1) is 16.6 Å². The monoisotopic (exact) mass is 406 g/mol. The fraction of sp³-hybridized carbons (Fsp3) is 0.400. The SMILES string of the molecule is Cc1ccccc1CN(C)C(=O)CN1CCN(c2ncc(Cl)cc2Cl)CC1. The Balaban J connectivity index is 1.51. The Morgan fingerprint density at radius 2 is 1.89 bits per heavy atom. The lowest BCUT2D eigenvalue weighted by Gasteiger charge is -2.36. The highest BCUT2D eigenvalue weighted by atomic mass is 35.5. The van der Waals surface area contributed by atoms with Crippen molar-refractivity contribution in [3.05, 3.63) is 57.7 Å². The summed E-state index contributed by atoms with van der Waals surface area (Å²) in [5.41, 5.74) is 2.39. The number of halogens is 2. The van der Waals surface area contributed by atoms with E-state index in [1.807, 2.05) is 19.2 Å². The predicted octanol–water partition coefficient (Wildman–Crippen LogP) is 3.48. The Labute approximate surface area is 170 Å². The van der Waals surface area contributed by atoms with Crippen molar-refractivity contribution in [2.45, 2.75) is 13.5 Å². The molecular weight excluding hydrogens is 383 g/mol. The normalized spacial score (nSPS) is 15.0. The van der Waals surface area contributed by atoms with Crippen molar-refractivity contribution in [2.75, 3.05) is 44.7 Å². The number of hydrogen-bond acceptors (Lipinski definition) is 4. The molecule has 2 heterocycles. The van der Waals surface area contributed by atoms with Crippen LogP contribution < -0.4 is 4.90 Å². The first-order valence-electron chi connectivity index (χ1n) is 9.01. The number of carbonyl (C=O) groups is 1. The third-order valence-electron chi connectivity index (χ3n) is 4.91. The number of pyridine rings is 1. The minimum atomic E-state index is 0.134. The molecule has 7 heteroatoms. The summed E-state index contributed by atoms with van der Waals surface area (Å²) < 4.78 is 0. The summed E-state index contributed by atoms with van der Waals surface area (Å²) in [5.74, 6) is 0.887. The number of hydrogen-bond donors (Lipinski definition) is 0. The minimum Gasteiger partial charge on any atom is -0.353 e. The van der Waals surface area contributed by atoms with Crippen molar-refractivity contribution in [3.63, 3.8) is 0 Å². The molecule has 0 aliphatic carbocycles. The van der Waals surface area contributed by atoms with Gasteiger partial charge in [-0.05, 0) is 24.1 Å². The molecule has 1 amide bonds. The highest BCUT2D eigenvalue weighted by Gasteiger charge is 2.22. The van der Waals surface area contributed by atoms with Gasteiger partial charge in [0, 0.05) is 46.0 Å². The van der Waals surface area contributed by atoms with Crippen molar-refractivity contribution in [2.24, 2.45) is 0 Å². The average Bonchev–Trinajstić information content (AvgIpc) is 2.64. The molecule has 1 aliphatic rings. The number of amides is 1. The first-order chi connectivity index (χ1) is 12.9. The van der Waals surface area contributed by atoms with Gasteiger partial charge in [-0.15, -0.1) is 0 Å². The second-order valence-electron chi connectivity index (χ2n) is 6.90. The molecule has 0 atom stereocenters. The summed E-state index contributed by atoms with van der Waals surface area (Å²) in [6.07, 6.45) is 1.61. The van der Waals surface area contributed by atoms with Crippen LogP contribution in [0.3, 0.4) is 0 Å². The van der Waals surface area contributed by atoms with Crippen LogP contribution in [0.25, 0.3) is 0 Å². The molecule has 0 radical (unpaired) electrons. The van der Waals surface area contributed by atoms with E-state index in [9.17, 15) is 4.79 Å². The lowest BCUT2D eigenvalue weighted by Crippen LogP contribution is -2.50. The van der Waals surface area contributed by atoms with Gasteiger partial charge in [0.2, 0.25) is 5.91 Å². The second-order valence-corrected chi connectivity index (χ2v) is 7.74. The topological polar surface area (TPSA) is 39.7 Å². The maximum atomic E-state index is 12.6. The summed E-state index contributed by atoms with van der Waals surface area (Å²) in [7, 11) is 1.86. The number of aromatic nitrogens is 1. The van der Waals surface area contributed by atoms with Crippen LogP contribution in [0.4, 0.5) is 5.82 Å². The van der Waals surface area contributed by atoms with E-state index in [-0.39, 0.29) is 5.91 Å². The zero-order valence-electron chi connectivity index (χ0n) is 15.7. The zero-order chi connectivity index (χ0) is 19.4. The van der Waals surface area contributed by atoms with Gasteiger partial charge < -0.3 is 9.80 Å². The highest BCUT2D eigenvalue weighted by Crippen LogP contribution is 2.26. The molecule has 0 bridgehead atoms. The lowest BCUT2D eigenvalue weighted by atomic mass is 10.1. The maximum Gasteiger partial charge on any atom is 0.236 e. The van der Waals surface area contributed by atoms with E-state index in [1.165, 1.54) is 11.1 Å². The third kappa shape index (κ3) is 5.12. The molecule has 0 unspecified atom stereocenters. The molecule has 1 aromatic carbocycles. The molecule has 3 rings (SSSR count). The Morgan fingerprint density at radius 3 is 2.56 bits per heavy atom. The van der Waals surface area contributed by atoms with E-state index in [2.05, 4.69) is 33.8 Å². The highest BCUT2D eigenvalue weighted by molar-refractivity contribution is 6.36. The van der Waals surface area contributed by atoms with Crippen molar-refractivity contribution < 1.29 is 4.79 Å².